The molecule has 2 aromatic heterocycles. The second-order valence-corrected chi connectivity index (χ2v) is 4.49. The van der Waals surface area contributed by atoms with Crippen molar-refractivity contribution < 1.29 is 8.78 Å². The predicted octanol–water partition coefficient (Wildman–Crippen LogP) is 3.64. The fourth-order valence-corrected chi connectivity index (χ4v) is 2.57. The van der Waals surface area contributed by atoms with Crippen LogP contribution in [0.3, 0.4) is 0 Å². The van der Waals surface area contributed by atoms with Gasteiger partial charge in [0, 0.05) is 6.20 Å². The molecule has 0 aliphatic rings. The lowest BCUT2D eigenvalue weighted by Crippen LogP contribution is -1.88. The predicted molar refractivity (Wildman–Crippen MR) is 62.8 cm³/mol. The van der Waals surface area contributed by atoms with Crippen LogP contribution in [0, 0.1) is 11.6 Å². The van der Waals surface area contributed by atoms with Crippen LogP contribution in [0.1, 0.15) is 0 Å². The molecule has 84 valence electrons. The van der Waals surface area contributed by atoms with Gasteiger partial charge in [-0.1, -0.05) is 6.07 Å². The molecule has 0 unspecified atom stereocenters. The Morgan fingerprint density at radius 2 is 1.82 bits per heavy atom. The maximum absolute atomic E-state index is 13.6. The summed E-state index contributed by atoms with van der Waals surface area (Å²) < 4.78 is 28.0. The van der Waals surface area contributed by atoms with E-state index in [1.54, 1.807) is 18.5 Å². The second-order valence-electron chi connectivity index (χ2n) is 3.46. The molecule has 0 saturated heterocycles. The van der Waals surface area contributed by atoms with Crippen LogP contribution in [0.5, 0.6) is 0 Å². The van der Waals surface area contributed by atoms with Gasteiger partial charge in [-0.3, -0.25) is 4.98 Å². The largest absolute Gasteiger partial charge is 0.262 e. The van der Waals surface area contributed by atoms with Gasteiger partial charge in [0.05, 0.1) is 16.5 Å². The molecule has 0 aliphatic heterocycles. The average Bonchev–Trinajstić information content (AvgIpc) is 2.71. The fourth-order valence-electron chi connectivity index (χ4n) is 1.59. The van der Waals surface area contributed by atoms with Gasteiger partial charge >= 0.3 is 0 Å². The van der Waals surface area contributed by atoms with Crippen molar-refractivity contribution in [3.05, 3.63) is 48.3 Å². The van der Waals surface area contributed by atoms with E-state index in [9.17, 15) is 8.78 Å². The van der Waals surface area contributed by atoms with Gasteiger partial charge < -0.3 is 0 Å². The number of hydrogen-bond donors (Lipinski definition) is 0. The molecule has 0 amide bonds. The molecule has 0 saturated carbocycles. The quantitative estimate of drug-likeness (QED) is 0.657. The van der Waals surface area contributed by atoms with Gasteiger partial charge in [0.25, 0.3) is 0 Å². The number of aromatic nitrogens is 2. The molecule has 0 fully saturated rings. The molecule has 0 bridgehead atoms. The molecule has 0 atom stereocenters. The molecule has 17 heavy (non-hydrogen) atoms. The van der Waals surface area contributed by atoms with E-state index in [1.165, 1.54) is 29.5 Å². The summed E-state index contributed by atoms with van der Waals surface area (Å²) >= 11 is 1.25. The molecular formula is C12H6F2N2S. The molecule has 3 aromatic rings. The Morgan fingerprint density at radius 1 is 1.06 bits per heavy atom. The van der Waals surface area contributed by atoms with Gasteiger partial charge in [-0.05, 0) is 18.2 Å². The molecule has 0 N–H and O–H groups in total. The Labute approximate surface area is 99.6 Å². The molecule has 2 heterocycles. The summed E-state index contributed by atoms with van der Waals surface area (Å²) in [6.45, 7) is 0. The Bertz CT molecular complexity index is 641. The SMILES string of the molecule is Fc1cccc(F)c1-c1nc2cnccc2s1. The van der Waals surface area contributed by atoms with Crippen molar-refractivity contribution >= 4 is 21.6 Å². The smallest absolute Gasteiger partial charge is 0.136 e. The zero-order valence-electron chi connectivity index (χ0n) is 8.52. The lowest BCUT2D eigenvalue weighted by molar-refractivity contribution is 0.589. The van der Waals surface area contributed by atoms with E-state index in [0.29, 0.717) is 10.5 Å². The Kier molecular flexibility index (Phi) is 2.33. The van der Waals surface area contributed by atoms with Gasteiger partial charge in [0.1, 0.15) is 22.2 Å². The number of benzene rings is 1. The monoisotopic (exact) mass is 248 g/mol. The Morgan fingerprint density at radius 3 is 2.53 bits per heavy atom. The van der Waals surface area contributed by atoms with E-state index in [0.717, 1.165) is 4.70 Å². The number of thiazole rings is 1. The van der Waals surface area contributed by atoms with Crippen LogP contribution >= 0.6 is 11.3 Å². The standard InChI is InChI=1S/C12H6F2N2S/c13-7-2-1-3-8(14)11(7)12-16-9-6-15-5-4-10(9)17-12/h1-6H. The first-order valence-electron chi connectivity index (χ1n) is 4.90. The van der Waals surface area contributed by atoms with E-state index in [4.69, 9.17) is 0 Å². The van der Waals surface area contributed by atoms with E-state index < -0.39 is 11.6 Å². The van der Waals surface area contributed by atoms with Crippen LogP contribution in [0.2, 0.25) is 0 Å². The van der Waals surface area contributed by atoms with Crippen molar-refractivity contribution in [3.63, 3.8) is 0 Å². The summed E-state index contributed by atoms with van der Waals surface area (Å²) in [4.78, 5) is 8.10. The molecule has 0 radical (unpaired) electrons. The van der Waals surface area contributed by atoms with Crippen molar-refractivity contribution in [1.82, 2.24) is 9.97 Å². The van der Waals surface area contributed by atoms with E-state index in [1.807, 2.05) is 0 Å². The minimum absolute atomic E-state index is 0.0753. The van der Waals surface area contributed by atoms with Gasteiger partial charge in [-0.25, -0.2) is 13.8 Å². The molecule has 0 spiro atoms. The minimum Gasteiger partial charge on any atom is -0.262 e. The highest BCUT2D eigenvalue weighted by atomic mass is 32.1. The summed E-state index contributed by atoms with van der Waals surface area (Å²) in [6, 6.07) is 5.56. The summed E-state index contributed by atoms with van der Waals surface area (Å²) in [6.07, 6.45) is 3.20. The fraction of sp³-hybridized carbons (Fsp3) is 0. The van der Waals surface area contributed by atoms with Crippen LogP contribution in [0.15, 0.2) is 36.7 Å². The Balaban J connectivity index is 2.27. The highest BCUT2D eigenvalue weighted by molar-refractivity contribution is 7.21. The van der Waals surface area contributed by atoms with E-state index >= 15 is 0 Å². The normalized spacial score (nSPS) is 10.9. The third-order valence-corrected chi connectivity index (χ3v) is 3.42. The van der Waals surface area contributed by atoms with Crippen LogP contribution < -0.4 is 0 Å². The van der Waals surface area contributed by atoms with Crippen LogP contribution in [-0.4, -0.2) is 9.97 Å². The zero-order chi connectivity index (χ0) is 11.8. The molecular weight excluding hydrogens is 242 g/mol. The average molecular weight is 248 g/mol. The number of nitrogens with zero attached hydrogens (tertiary/aromatic N) is 2. The zero-order valence-corrected chi connectivity index (χ0v) is 9.34. The minimum atomic E-state index is -0.600. The number of fused-ring (bicyclic) bond motifs is 1. The van der Waals surface area contributed by atoms with Crippen LogP contribution in [-0.2, 0) is 0 Å². The maximum Gasteiger partial charge on any atom is 0.136 e. The first-order chi connectivity index (χ1) is 8.25. The van der Waals surface area contributed by atoms with E-state index in [2.05, 4.69) is 9.97 Å². The van der Waals surface area contributed by atoms with Gasteiger partial charge in [-0.2, -0.15) is 0 Å². The Hall–Kier alpha value is -1.88. The molecule has 0 aliphatic carbocycles. The number of halogens is 2. The first kappa shape index (κ1) is 10.3. The van der Waals surface area contributed by atoms with Gasteiger partial charge in [0.15, 0.2) is 0 Å². The highest BCUT2D eigenvalue weighted by Gasteiger charge is 2.15. The van der Waals surface area contributed by atoms with Crippen molar-refractivity contribution in [2.24, 2.45) is 0 Å². The van der Waals surface area contributed by atoms with Crippen molar-refractivity contribution in [2.45, 2.75) is 0 Å². The van der Waals surface area contributed by atoms with E-state index in [-0.39, 0.29) is 5.56 Å². The summed E-state index contributed by atoms with van der Waals surface area (Å²) in [5.74, 6) is -1.20. The maximum atomic E-state index is 13.6. The number of rotatable bonds is 1. The molecule has 5 heteroatoms. The number of pyridine rings is 1. The summed E-state index contributed by atoms with van der Waals surface area (Å²) in [5, 5.41) is 0.337. The van der Waals surface area contributed by atoms with Gasteiger partial charge in [-0.15, -0.1) is 11.3 Å². The lowest BCUT2D eigenvalue weighted by Gasteiger charge is -1.99. The van der Waals surface area contributed by atoms with Gasteiger partial charge in [0.2, 0.25) is 0 Å². The number of hydrogen-bond acceptors (Lipinski definition) is 3. The third-order valence-electron chi connectivity index (χ3n) is 2.37. The highest BCUT2D eigenvalue weighted by Crippen LogP contribution is 2.32. The molecule has 3 rings (SSSR count). The lowest BCUT2D eigenvalue weighted by atomic mass is 10.2. The van der Waals surface area contributed by atoms with Crippen molar-refractivity contribution in [3.8, 4) is 10.6 Å². The topological polar surface area (TPSA) is 25.8 Å². The first-order valence-corrected chi connectivity index (χ1v) is 5.72. The second kappa shape index (κ2) is 3.85. The van der Waals surface area contributed by atoms with Crippen LogP contribution in [0.4, 0.5) is 8.78 Å². The summed E-state index contributed by atoms with van der Waals surface area (Å²) in [5.41, 5.74) is 0.573. The van der Waals surface area contributed by atoms with Crippen molar-refractivity contribution in [2.75, 3.05) is 0 Å². The van der Waals surface area contributed by atoms with Crippen LogP contribution in [0.25, 0.3) is 20.8 Å². The molecule has 2 nitrogen and oxygen atoms in total. The summed E-state index contributed by atoms with van der Waals surface area (Å²) in [7, 11) is 0. The molecule has 1 aromatic carbocycles. The van der Waals surface area contributed by atoms with Crippen molar-refractivity contribution in [1.29, 1.82) is 0 Å². The third kappa shape index (κ3) is 1.68.